The summed E-state index contributed by atoms with van der Waals surface area (Å²) in [6, 6.07) is 4.76. The fraction of sp³-hybridized carbons (Fsp3) is 0.214. The average Bonchev–Trinajstić information content (AvgIpc) is 2.87. The topological polar surface area (TPSA) is 128 Å². The Hall–Kier alpha value is -2.95. The van der Waals surface area contributed by atoms with Crippen LogP contribution >= 0.6 is 15.9 Å². The summed E-state index contributed by atoms with van der Waals surface area (Å²) in [6.07, 6.45) is 1.34. The van der Waals surface area contributed by atoms with Crippen molar-refractivity contribution in [3.8, 4) is 5.75 Å². The third-order valence-corrected chi connectivity index (χ3v) is 3.53. The van der Waals surface area contributed by atoms with Crippen LogP contribution in [0.4, 0.5) is 17.2 Å². The Morgan fingerprint density at radius 2 is 2.12 bits per heavy atom. The molecule has 2 amide bonds. The molecule has 0 saturated carbocycles. The first-order valence-corrected chi connectivity index (χ1v) is 7.72. The fourth-order valence-corrected chi connectivity index (χ4v) is 2.48. The normalized spacial score (nSPS) is 10.2. The van der Waals surface area contributed by atoms with E-state index in [1.165, 1.54) is 20.2 Å². The van der Waals surface area contributed by atoms with Crippen LogP contribution in [0.5, 0.6) is 5.75 Å². The molecule has 2 N–H and O–H groups in total. The Morgan fingerprint density at radius 3 is 2.68 bits per heavy atom. The second kappa shape index (κ2) is 7.75. The van der Waals surface area contributed by atoms with Gasteiger partial charge < -0.3 is 25.5 Å². The Bertz CT molecular complexity index is 835. The van der Waals surface area contributed by atoms with Gasteiger partial charge in [0.1, 0.15) is 16.8 Å². The molecule has 0 aliphatic carbocycles. The summed E-state index contributed by atoms with van der Waals surface area (Å²) in [6.45, 7) is 1.13. The first-order chi connectivity index (χ1) is 11.8. The van der Waals surface area contributed by atoms with Crippen LogP contribution in [-0.2, 0) is 16.1 Å². The Morgan fingerprint density at radius 1 is 1.40 bits per heavy atom. The van der Waals surface area contributed by atoms with Crippen LogP contribution in [0.1, 0.15) is 6.92 Å². The highest BCUT2D eigenvalue weighted by atomic mass is 79.9. The molecule has 1 aromatic heterocycles. The molecule has 0 spiro atoms. The van der Waals surface area contributed by atoms with Crippen molar-refractivity contribution in [2.24, 2.45) is 0 Å². The molecule has 25 heavy (non-hydrogen) atoms. The lowest BCUT2D eigenvalue weighted by molar-refractivity contribution is -0.390. The molecule has 0 aliphatic rings. The minimum absolute atomic E-state index is 0.176. The monoisotopic (exact) mass is 411 g/mol. The number of benzene rings is 1. The van der Waals surface area contributed by atoms with Crippen LogP contribution in [-0.4, -0.2) is 33.6 Å². The Balaban J connectivity index is 2.15. The highest BCUT2D eigenvalue weighted by molar-refractivity contribution is 9.10. The molecule has 1 heterocycles. The third kappa shape index (κ3) is 4.76. The molecule has 0 unspecified atom stereocenters. The maximum Gasteiger partial charge on any atom is 0.404 e. The van der Waals surface area contributed by atoms with E-state index in [-0.39, 0.29) is 22.7 Å². The number of nitrogens with one attached hydrogen (secondary N) is 2. The van der Waals surface area contributed by atoms with Crippen molar-refractivity contribution >= 4 is 44.9 Å². The van der Waals surface area contributed by atoms with E-state index >= 15 is 0 Å². The smallest absolute Gasteiger partial charge is 0.404 e. The molecule has 132 valence electrons. The van der Waals surface area contributed by atoms with E-state index in [1.54, 1.807) is 18.2 Å². The molecular weight excluding hydrogens is 398 g/mol. The second-order valence-corrected chi connectivity index (χ2v) is 5.75. The third-order valence-electron chi connectivity index (χ3n) is 2.97. The van der Waals surface area contributed by atoms with Gasteiger partial charge >= 0.3 is 5.82 Å². The first-order valence-electron chi connectivity index (χ1n) is 6.93. The van der Waals surface area contributed by atoms with Gasteiger partial charge in [0.25, 0.3) is 0 Å². The van der Waals surface area contributed by atoms with Crippen molar-refractivity contribution in [2.75, 3.05) is 17.7 Å². The number of anilines is 2. The van der Waals surface area contributed by atoms with E-state index in [4.69, 9.17) is 4.74 Å². The minimum atomic E-state index is -0.654. The van der Waals surface area contributed by atoms with Gasteiger partial charge in [-0.25, -0.2) is 0 Å². The summed E-state index contributed by atoms with van der Waals surface area (Å²) in [5, 5.41) is 19.7. The molecule has 0 radical (unpaired) electrons. The van der Waals surface area contributed by atoms with E-state index in [1.807, 2.05) is 0 Å². The SMILES string of the molecule is COc1ccc(NC(C)=O)cc1NC(=O)Cn1cc(Br)c([N+](=O)[O-])n1. The standard InChI is InChI=1S/C14H14BrN5O5/c1-8(21)16-9-3-4-12(25-2)11(5-9)17-13(22)7-19-6-10(15)14(18-19)20(23)24/h3-6H,7H2,1-2H3,(H,16,21)(H,17,22). The van der Waals surface area contributed by atoms with Crippen LogP contribution in [0.3, 0.4) is 0 Å². The fourth-order valence-electron chi connectivity index (χ4n) is 2.02. The van der Waals surface area contributed by atoms with E-state index in [0.29, 0.717) is 17.1 Å². The quantitative estimate of drug-likeness (QED) is 0.553. The van der Waals surface area contributed by atoms with Gasteiger partial charge in [-0.1, -0.05) is 0 Å². The van der Waals surface area contributed by atoms with Gasteiger partial charge in [-0.3, -0.25) is 9.59 Å². The number of nitro groups is 1. The molecule has 0 saturated heterocycles. The van der Waals surface area contributed by atoms with Gasteiger partial charge in [-0.05, 0) is 39.1 Å². The molecule has 11 heteroatoms. The molecule has 10 nitrogen and oxygen atoms in total. The summed E-state index contributed by atoms with van der Waals surface area (Å²) in [5.41, 5.74) is 0.834. The van der Waals surface area contributed by atoms with E-state index in [2.05, 4.69) is 31.7 Å². The van der Waals surface area contributed by atoms with Gasteiger partial charge in [0.05, 0.1) is 24.1 Å². The zero-order chi connectivity index (χ0) is 18.6. The second-order valence-electron chi connectivity index (χ2n) is 4.90. The Kier molecular flexibility index (Phi) is 5.70. The van der Waals surface area contributed by atoms with Crippen molar-refractivity contribution in [3.63, 3.8) is 0 Å². The summed E-state index contributed by atoms with van der Waals surface area (Å²) in [4.78, 5) is 33.4. The number of hydrogen-bond acceptors (Lipinski definition) is 6. The maximum absolute atomic E-state index is 12.2. The lowest BCUT2D eigenvalue weighted by atomic mass is 10.2. The van der Waals surface area contributed by atoms with Crippen LogP contribution < -0.4 is 15.4 Å². The van der Waals surface area contributed by atoms with Crippen LogP contribution in [0.15, 0.2) is 28.9 Å². The van der Waals surface area contributed by atoms with Gasteiger partial charge in [-0.2, -0.15) is 4.68 Å². The number of aromatic nitrogens is 2. The number of hydrogen-bond donors (Lipinski definition) is 2. The van der Waals surface area contributed by atoms with Gasteiger partial charge in [0.2, 0.25) is 11.8 Å². The lowest BCUT2D eigenvalue weighted by Gasteiger charge is -2.12. The highest BCUT2D eigenvalue weighted by Crippen LogP contribution is 2.28. The zero-order valence-corrected chi connectivity index (χ0v) is 14.9. The number of nitrogens with zero attached hydrogens (tertiary/aromatic N) is 3. The molecule has 0 atom stereocenters. The summed E-state index contributed by atoms with van der Waals surface area (Å²) >= 11 is 3.01. The van der Waals surface area contributed by atoms with Crippen molar-refractivity contribution < 1.29 is 19.2 Å². The van der Waals surface area contributed by atoms with E-state index in [9.17, 15) is 19.7 Å². The molecule has 2 aromatic rings. The number of methoxy groups -OCH3 is 1. The predicted molar refractivity (Wildman–Crippen MR) is 92.5 cm³/mol. The van der Waals surface area contributed by atoms with Gasteiger partial charge in [0.15, 0.2) is 0 Å². The number of ether oxygens (including phenoxy) is 1. The van der Waals surface area contributed by atoms with Crippen LogP contribution in [0.2, 0.25) is 0 Å². The highest BCUT2D eigenvalue weighted by Gasteiger charge is 2.20. The number of carbonyl (C=O) groups is 2. The predicted octanol–water partition coefficient (Wildman–Crippen LogP) is 2.16. The van der Waals surface area contributed by atoms with E-state index < -0.39 is 10.8 Å². The maximum atomic E-state index is 12.2. The van der Waals surface area contributed by atoms with E-state index in [0.717, 1.165) is 4.68 Å². The van der Waals surface area contributed by atoms with Gasteiger partial charge in [-0.15, -0.1) is 0 Å². The molecular formula is C14H14BrN5O5. The first kappa shape index (κ1) is 18.4. The Labute approximate surface area is 150 Å². The number of carbonyl (C=O) groups excluding carboxylic acids is 2. The van der Waals surface area contributed by atoms with Crippen molar-refractivity contribution in [3.05, 3.63) is 39.0 Å². The van der Waals surface area contributed by atoms with Crippen LogP contribution in [0, 0.1) is 10.1 Å². The summed E-state index contributed by atoms with van der Waals surface area (Å²) < 4.78 is 6.48. The molecule has 0 bridgehead atoms. The van der Waals surface area contributed by atoms with Gasteiger partial charge in [0, 0.05) is 12.6 Å². The van der Waals surface area contributed by atoms with Crippen LogP contribution in [0.25, 0.3) is 0 Å². The van der Waals surface area contributed by atoms with Crippen molar-refractivity contribution in [2.45, 2.75) is 13.5 Å². The average molecular weight is 412 g/mol. The molecule has 0 aliphatic heterocycles. The number of amides is 2. The number of halogens is 1. The minimum Gasteiger partial charge on any atom is -0.495 e. The molecule has 0 fully saturated rings. The molecule has 1 aromatic carbocycles. The van der Waals surface area contributed by atoms with Crippen molar-refractivity contribution in [1.82, 2.24) is 9.78 Å². The van der Waals surface area contributed by atoms with Crippen molar-refractivity contribution in [1.29, 1.82) is 0 Å². The summed E-state index contributed by atoms with van der Waals surface area (Å²) in [7, 11) is 1.44. The largest absolute Gasteiger partial charge is 0.495 e. The zero-order valence-electron chi connectivity index (χ0n) is 13.3. The lowest BCUT2D eigenvalue weighted by Crippen LogP contribution is -2.19. The number of rotatable bonds is 6. The summed E-state index contributed by atoms with van der Waals surface area (Å²) in [5.74, 6) is -0.701. The molecule has 2 rings (SSSR count).